The second-order valence-electron chi connectivity index (χ2n) is 7.56. The summed E-state index contributed by atoms with van der Waals surface area (Å²) < 4.78 is 11.2. The van der Waals surface area contributed by atoms with Crippen molar-refractivity contribution < 1.29 is 14.3 Å². The number of morpholine rings is 1. The summed E-state index contributed by atoms with van der Waals surface area (Å²) >= 11 is 0. The van der Waals surface area contributed by atoms with Gasteiger partial charge in [0, 0.05) is 43.4 Å². The van der Waals surface area contributed by atoms with E-state index in [1.807, 2.05) is 24.0 Å². The fraction of sp³-hybridized carbons (Fsp3) is 0.364. The molecule has 1 fully saturated rings. The van der Waals surface area contributed by atoms with Gasteiger partial charge in [0.15, 0.2) is 0 Å². The third-order valence-corrected chi connectivity index (χ3v) is 5.63. The quantitative estimate of drug-likeness (QED) is 0.560. The number of anilines is 3. The van der Waals surface area contributed by atoms with Crippen LogP contribution in [-0.4, -0.2) is 65.2 Å². The third kappa shape index (κ3) is 3.46. The van der Waals surface area contributed by atoms with E-state index < -0.39 is 0 Å². The second kappa shape index (κ2) is 8.36. The maximum absolute atomic E-state index is 13.1. The van der Waals surface area contributed by atoms with Gasteiger partial charge in [0.1, 0.15) is 23.3 Å². The van der Waals surface area contributed by atoms with Crippen LogP contribution in [0.2, 0.25) is 0 Å². The number of amides is 1. The molecule has 0 unspecified atom stereocenters. The topological polar surface area (TPSA) is 128 Å². The molecule has 0 saturated carbocycles. The highest BCUT2D eigenvalue weighted by Crippen LogP contribution is 2.38. The molecule has 0 aliphatic carbocycles. The van der Waals surface area contributed by atoms with Crippen LogP contribution < -0.4 is 15.4 Å². The number of nitriles is 1. The lowest BCUT2D eigenvalue weighted by Crippen LogP contribution is -2.41. The zero-order valence-corrected chi connectivity index (χ0v) is 17.7. The summed E-state index contributed by atoms with van der Waals surface area (Å²) in [6.45, 7) is 5.44. The molecule has 164 valence electrons. The predicted molar refractivity (Wildman–Crippen MR) is 118 cm³/mol. The van der Waals surface area contributed by atoms with Crippen molar-refractivity contribution in [1.82, 2.24) is 19.9 Å². The van der Waals surface area contributed by atoms with Gasteiger partial charge in [0.05, 0.1) is 36.5 Å². The number of benzene rings is 1. The summed E-state index contributed by atoms with van der Waals surface area (Å²) in [6.07, 6.45) is 2.29. The molecule has 10 nitrogen and oxygen atoms in total. The average Bonchev–Trinajstić information content (AvgIpc) is 3.47. The molecule has 0 radical (unpaired) electrons. The number of hydrogen-bond acceptors (Lipinski definition) is 8. The molecule has 0 bridgehead atoms. The predicted octanol–water partition coefficient (Wildman–Crippen LogP) is 2.41. The number of nitrogens with zero attached hydrogens (tertiary/aromatic N) is 4. The van der Waals surface area contributed by atoms with Gasteiger partial charge in [-0.25, -0.2) is 0 Å². The van der Waals surface area contributed by atoms with E-state index >= 15 is 0 Å². The van der Waals surface area contributed by atoms with Crippen molar-refractivity contribution in [3.8, 4) is 11.8 Å². The lowest BCUT2D eigenvalue weighted by molar-refractivity contribution is 0.0302. The molecule has 1 saturated heterocycles. The number of ether oxygens (including phenoxy) is 2. The van der Waals surface area contributed by atoms with Gasteiger partial charge in [0.2, 0.25) is 5.95 Å². The van der Waals surface area contributed by atoms with Crippen LogP contribution in [0.3, 0.4) is 0 Å². The standard InChI is InChI=1S/C22H23N7O3/c1-2-24-19-17-13(11-23)12-25-20(17)28-22(27-19)26-16-4-3-15(14-5-8-32-18(14)16)21(30)29-6-9-31-10-7-29/h3-4,12H,2,5-10H2,1H3,(H3,24,25,26,27,28). The van der Waals surface area contributed by atoms with E-state index in [0.29, 0.717) is 91.2 Å². The van der Waals surface area contributed by atoms with E-state index in [1.54, 1.807) is 6.20 Å². The van der Waals surface area contributed by atoms with Crippen LogP contribution >= 0.6 is 0 Å². The van der Waals surface area contributed by atoms with Gasteiger partial charge >= 0.3 is 0 Å². The Morgan fingerprint density at radius 2 is 2.12 bits per heavy atom. The van der Waals surface area contributed by atoms with E-state index in [2.05, 4.69) is 31.7 Å². The van der Waals surface area contributed by atoms with E-state index in [1.165, 1.54) is 0 Å². The van der Waals surface area contributed by atoms with Gasteiger partial charge < -0.3 is 30.0 Å². The first-order chi connectivity index (χ1) is 15.7. The van der Waals surface area contributed by atoms with Gasteiger partial charge in [-0.3, -0.25) is 4.79 Å². The molecular formula is C22H23N7O3. The molecule has 1 amide bonds. The molecule has 4 heterocycles. The Kier molecular flexibility index (Phi) is 5.25. The maximum Gasteiger partial charge on any atom is 0.254 e. The Morgan fingerprint density at radius 3 is 2.91 bits per heavy atom. The number of nitrogens with one attached hydrogen (secondary N) is 3. The van der Waals surface area contributed by atoms with Crippen molar-refractivity contribution in [2.45, 2.75) is 13.3 Å². The SMILES string of the molecule is CCNc1nc(Nc2ccc(C(=O)N3CCOCC3)c3c2OCC3)nc2[nH]cc(C#N)c12. The molecule has 0 atom stereocenters. The number of H-pyrrole nitrogens is 1. The zero-order valence-electron chi connectivity index (χ0n) is 17.7. The largest absolute Gasteiger partial charge is 0.491 e. The number of rotatable bonds is 5. The highest BCUT2D eigenvalue weighted by Gasteiger charge is 2.27. The zero-order chi connectivity index (χ0) is 22.1. The molecular weight excluding hydrogens is 410 g/mol. The first-order valence-electron chi connectivity index (χ1n) is 10.7. The summed E-state index contributed by atoms with van der Waals surface area (Å²) in [5, 5.41) is 16.5. The van der Waals surface area contributed by atoms with E-state index in [0.717, 1.165) is 5.56 Å². The number of aromatic amines is 1. The van der Waals surface area contributed by atoms with Crippen molar-refractivity contribution in [3.63, 3.8) is 0 Å². The summed E-state index contributed by atoms with van der Waals surface area (Å²) in [4.78, 5) is 27.0. The normalized spacial score (nSPS) is 15.2. The van der Waals surface area contributed by atoms with Crippen LogP contribution in [0.25, 0.3) is 11.0 Å². The Labute approximate surface area is 184 Å². The van der Waals surface area contributed by atoms with Crippen molar-refractivity contribution in [2.75, 3.05) is 50.1 Å². The number of carbonyl (C=O) groups is 1. The molecule has 5 rings (SSSR count). The van der Waals surface area contributed by atoms with E-state index in [4.69, 9.17) is 9.47 Å². The molecule has 2 aliphatic heterocycles. The minimum atomic E-state index is 0.00381. The summed E-state index contributed by atoms with van der Waals surface area (Å²) in [7, 11) is 0. The van der Waals surface area contributed by atoms with Crippen molar-refractivity contribution in [2.24, 2.45) is 0 Å². The highest BCUT2D eigenvalue weighted by atomic mass is 16.5. The van der Waals surface area contributed by atoms with Crippen LogP contribution in [0.1, 0.15) is 28.4 Å². The molecule has 0 spiro atoms. The van der Waals surface area contributed by atoms with Crippen molar-refractivity contribution >= 4 is 34.4 Å². The fourth-order valence-corrected chi connectivity index (χ4v) is 4.12. The van der Waals surface area contributed by atoms with Crippen LogP contribution in [0.4, 0.5) is 17.5 Å². The first kappa shape index (κ1) is 20.1. The van der Waals surface area contributed by atoms with E-state index in [-0.39, 0.29) is 5.91 Å². The highest BCUT2D eigenvalue weighted by molar-refractivity contribution is 5.98. The Hall–Kier alpha value is -3.84. The van der Waals surface area contributed by atoms with E-state index in [9.17, 15) is 10.1 Å². The smallest absolute Gasteiger partial charge is 0.254 e. The second-order valence-corrected chi connectivity index (χ2v) is 7.56. The lowest BCUT2D eigenvalue weighted by Gasteiger charge is -2.27. The van der Waals surface area contributed by atoms with Crippen LogP contribution in [0, 0.1) is 11.3 Å². The van der Waals surface area contributed by atoms with Gasteiger partial charge in [-0.05, 0) is 19.1 Å². The lowest BCUT2D eigenvalue weighted by atomic mass is 10.0. The molecule has 10 heteroatoms. The summed E-state index contributed by atoms with van der Waals surface area (Å²) in [5.41, 5.74) is 3.30. The fourth-order valence-electron chi connectivity index (χ4n) is 4.12. The van der Waals surface area contributed by atoms with Crippen molar-refractivity contribution in [3.05, 3.63) is 35.0 Å². The monoisotopic (exact) mass is 433 g/mol. The van der Waals surface area contributed by atoms with Crippen LogP contribution in [-0.2, 0) is 11.2 Å². The third-order valence-electron chi connectivity index (χ3n) is 5.63. The minimum absolute atomic E-state index is 0.00381. The van der Waals surface area contributed by atoms with Crippen molar-refractivity contribution in [1.29, 1.82) is 5.26 Å². The average molecular weight is 433 g/mol. The summed E-state index contributed by atoms with van der Waals surface area (Å²) in [5.74, 6) is 1.60. The number of fused-ring (bicyclic) bond motifs is 2. The Balaban J connectivity index is 1.49. The number of carbonyl (C=O) groups excluding carboxylic acids is 1. The molecule has 3 N–H and O–H groups in total. The molecule has 2 aliphatic rings. The molecule has 32 heavy (non-hydrogen) atoms. The summed E-state index contributed by atoms with van der Waals surface area (Å²) in [6, 6.07) is 5.82. The van der Waals surface area contributed by atoms with Crippen LogP contribution in [0.15, 0.2) is 18.3 Å². The Bertz CT molecular complexity index is 1220. The van der Waals surface area contributed by atoms with Gasteiger partial charge in [-0.15, -0.1) is 0 Å². The molecule has 3 aromatic rings. The maximum atomic E-state index is 13.1. The molecule has 1 aromatic carbocycles. The number of aromatic nitrogens is 3. The van der Waals surface area contributed by atoms with Crippen LogP contribution in [0.5, 0.6) is 5.75 Å². The minimum Gasteiger partial charge on any atom is -0.491 e. The Morgan fingerprint density at radius 1 is 1.28 bits per heavy atom. The van der Waals surface area contributed by atoms with Gasteiger partial charge in [-0.2, -0.15) is 15.2 Å². The first-order valence-corrected chi connectivity index (χ1v) is 10.7. The van der Waals surface area contributed by atoms with Gasteiger partial charge in [0.25, 0.3) is 5.91 Å². The number of hydrogen-bond donors (Lipinski definition) is 3. The molecule has 2 aromatic heterocycles. The van der Waals surface area contributed by atoms with Gasteiger partial charge in [-0.1, -0.05) is 0 Å².